The second-order valence-electron chi connectivity index (χ2n) is 7.38. The van der Waals surface area contributed by atoms with Crippen molar-refractivity contribution in [2.75, 3.05) is 25.5 Å². The Labute approximate surface area is 192 Å². The van der Waals surface area contributed by atoms with Crippen LogP contribution in [0.15, 0.2) is 47.4 Å². The first-order chi connectivity index (χ1) is 15.4. The van der Waals surface area contributed by atoms with Gasteiger partial charge in [0.05, 0.1) is 11.4 Å². The smallest absolute Gasteiger partial charge is 0.322 e. The normalized spacial score (nSPS) is 12.2. The van der Waals surface area contributed by atoms with E-state index in [9.17, 15) is 27.2 Å². The predicted molar refractivity (Wildman–Crippen MR) is 119 cm³/mol. The molecule has 0 bridgehead atoms. The number of hydrogen-bond donors (Lipinski definition) is 2. The van der Waals surface area contributed by atoms with E-state index in [1.807, 2.05) is 32.0 Å². The number of halogens is 1. The molecule has 2 amide bonds. The fraction of sp³-hybridized carbons (Fsp3) is 0.318. The maximum Gasteiger partial charge on any atom is 0.322 e. The summed E-state index contributed by atoms with van der Waals surface area (Å²) in [6, 6.07) is 9.68. The van der Waals surface area contributed by atoms with E-state index in [0.717, 1.165) is 46.7 Å². The van der Waals surface area contributed by atoms with E-state index < -0.39 is 46.3 Å². The molecule has 0 heterocycles. The average Bonchev–Trinajstić information content (AvgIpc) is 2.74. The molecule has 0 fully saturated rings. The van der Waals surface area contributed by atoms with Crippen LogP contribution in [0.3, 0.4) is 0 Å². The molecule has 178 valence electrons. The highest BCUT2D eigenvalue weighted by molar-refractivity contribution is 7.89. The predicted octanol–water partition coefficient (Wildman–Crippen LogP) is 1.75. The second-order valence-corrected chi connectivity index (χ2v) is 9.42. The van der Waals surface area contributed by atoms with Gasteiger partial charge in [-0.15, -0.1) is 0 Å². The quantitative estimate of drug-likeness (QED) is 0.529. The van der Waals surface area contributed by atoms with Crippen LogP contribution in [0.1, 0.15) is 18.1 Å². The first-order valence-corrected chi connectivity index (χ1v) is 11.4. The van der Waals surface area contributed by atoms with Gasteiger partial charge in [-0.05, 0) is 56.2 Å². The molecule has 2 aromatic rings. The van der Waals surface area contributed by atoms with Gasteiger partial charge in [0.25, 0.3) is 5.91 Å². The van der Waals surface area contributed by atoms with Gasteiger partial charge in [-0.3, -0.25) is 14.4 Å². The molecule has 0 aliphatic heterocycles. The third-order valence-electron chi connectivity index (χ3n) is 4.72. The monoisotopic (exact) mass is 479 g/mol. The summed E-state index contributed by atoms with van der Waals surface area (Å²) in [5.74, 6) is -2.74. The summed E-state index contributed by atoms with van der Waals surface area (Å²) in [4.78, 5) is 36.2. The molecule has 0 aromatic heterocycles. The van der Waals surface area contributed by atoms with E-state index >= 15 is 0 Å². The van der Waals surface area contributed by atoms with Crippen molar-refractivity contribution < 1.29 is 31.9 Å². The van der Waals surface area contributed by atoms with Crippen molar-refractivity contribution in [2.45, 2.75) is 31.8 Å². The van der Waals surface area contributed by atoms with Crippen LogP contribution >= 0.6 is 0 Å². The van der Waals surface area contributed by atoms with Gasteiger partial charge in [0.2, 0.25) is 15.9 Å². The molecule has 0 aliphatic carbocycles. The van der Waals surface area contributed by atoms with Crippen molar-refractivity contribution in [3.05, 3.63) is 59.4 Å². The number of anilines is 1. The highest BCUT2D eigenvalue weighted by Gasteiger charge is 2.26. The molecule has 1 unspecified atom stereocenters. The van der Waals surface area contributed by atoms with Crippen molar-refractivity contribution >= 4 is 33.5 Å². The molecule has 2 N–H and O–H groups in total. The van der Waals surface area contributed by atoms with Gasteiger partial charge in [-0.1, -0.05) is 18.2 Å². The van der Waals surface area contributed by atoms with Crippen molar-refractivity contribution in [3.63, 3.8) is 0 Å². The Morgan fingerprint density at radius 1 is 1.06 bits per heavy atom. The number of amides is 2. The number of nitrogens with one attached hydrogen (secondary N) is 2. The van der Waals surface area contributed by atoms with Gasteiger partial charge in [0.15, 0.2) is 6.10 Å². The van der Waals surface area contributed by atoms with E-state index in [0.29, 0.717) is 5.69 Å². The minimum absolute atomic E-state index is 0.195. The highest BCUT2D eigenvalue weighted by Crippen LogP contribution is 2.19. The lowest BCUT2D eigenvalue weighted by atomic mass is 10.1. The Bertz CT molecular complexity index is 1120. The largest absolute Gasteiger partial charge is 0.452 e. The number of sulfonamides is 1. The fourth-order valence-corrected chi connectivity index (χ4v) is 3.96. The Balaban J connectivity index is 1.85. The molecule has 2 aromatic carbocycles. The first kappa shape index (κ1) is 25.9. The number of hydrogen-bond acceptors (Lipinski definition) is 6. The molecular formula is C22H26FN3O6S. The number of carbonyl (C=O) groups is 3. The third-order valence-corrected chi connectivity index (χ3v) is 6.54. The highest BCUT2D eigenvalue weighted by atomic mass is 32.2. The van der Waals surface area contributed by atoms with E-state index in [1.165, 1.54) is 6.92 Å². The van der Waals surface area contributed by atoms with Gasteiger partial charge in [-0.2, -0.15) is 4.31 Å². The number of esters is 1. The Morgan fingerprint density at radius 3 is 2.21 bits per heavy atom. The van der Waals surface area contributed by atoms with Crippen molar-refractivity contribution in [2.24, 2.45) is 0 Å². The SMILES string of the molecule is Cc1cccc(C)c1NC(=O)CNC(=O)C(C)OC(=O)CN(C)S(=O)(=O)c1ccc(F)cc1. The van der Waals surface area contributed by atoms with E-state index in [1.54, 1.807) is 0 Å². The number of ether oxygens (including phenoxy) is 1. The van der Waals surface area contributed by atoms with Gasteiger partial charge < -0.3 is 15.4 Å². The molecule has 11 heteroatoms. The van der Waals surface area contributed by atoms with Crippen LogP contribution in [0.2, 0.25) is 0 Å². The molecule has 33 heavy (non-hydrogen) atoms. The van der Waals surface area contributed by atoms with Crippen LogP contribution in [0.4, 0.5) is 10.1 Å². The topological polar surface area (TPSA) is 122 Å². The summed E-state index contributed by atoms with van der Waals surface area (Å²) in [6.45, 7) is 3.98. The molecule has 0 spiro atoms. The fourth-order valence-electron chi connectivity index (χ4n) is 2.85. The maximum absolute atomic E-state index is 13.0. The standard InChI is InChI=1S/C22H26FN3O6S/c1-14-6-5-7-15(2)21(14)25-19(27)12-24-22(29)16(3)32-20(28)13-26(4)33(30,31)18-10-8-17(23)9-11-18/h5-11,16H,12-13H2,1-4H3,(H,24,29)(H,25,27). The Kier molecular flexibility index (Phi) is 8.66. The zero-order valence-corrected chi connectivity index (χ0v) is 19.5. The lowest BCUT2D eigenvalue weighted by Crippen LogP contribution is -2.41. The van der Waals surface area contributed by atoms with Gasteiger partial charge in [0.1, 0.15) is 12.4 Å². The molecular weight excluding hydrogens is 453 g/mol. The van der Waals surface area contributed by atoms with Crippen LogP contribution in [-0.4, -0.2) is 56.7 Å². The molecule has 0 radical (unpaired) electrons. The Hall–Kier alpha value is -3.31. The maximum atomic E-state index is 13.0. The summed E-state index contributed by atoms with van der Waals surface area (Å²) >= 11 is 0. The third kappa shape index (κ3) is 7.09. The summed E-state index contributed by atoms with van der Waals surface area (Å²) in [5.41, 5.74) is 2.40. The van der Waals surface area contributed by atoms with Gasteiger partial charge in [0, 0.05) is 12.7 Å². The van der Waals surface area contributed by atoms with Crippen molar-refractivity contribution in [1.82, 2.24) is 9.62 Å². The average molecular weight is 480 g/mol. The van der Waals surface area contributed by atoms with Crippen molar-refractivity contribution in [1.29, 1.82) is 0 Å². The number of para-hydroxylation sites is 1. The van der Waals surface area contributed by atoms with E-state index in [4.69, 9.17) is 4.74 Å². The molecule has 0 aliphatic rings. The lowest BCUT2D eigenvalue weighted by Gasteiger charge is -2.18. The Morgan fingerprint density at radius 2 is 1.64 bits per heavy atom. The van der Waals surface area contributed by atoms with Crippen molar-refractivity contribution in [3.8, 4) is 0 Å². The summed E-state index contributed by atoms with van der Waals surface area (Å²) in [6.07, 6.45) is -1.26. The molecule has 0 saturated heterocycles. The number of carbonyl (C=O) groups excluding carboxylic acids is 3. The minimum Gasteiger partial charge on any atom is -0.452 e. The van der Waals surface area contributed by atoms with Crippen LogP contribution in [-0.2, 0) is 29.1 Å². The number of aryl methyl sites for hydroxylation is 2. The van der Waals surface area contributed by atoms with E-state index in [-0.39, 0.29) is 11.4 Å². The first-order valence-electron chi connectivity index (χ1n) is 9.97. The molecule has 9 nitrogen and oxygen atoms in total. The molecule has 0 saturated carbocycles. The van der Waals surface area contributed by atoms with Crippen LogP contribution in [0, 0.1) is 19.7 Å². The number of rotatable bonds is 9. The second kappa shape index (κ2) is 11.0. The zero-order valence-electron chi connectivity index (χ0n) is 18.7. The van der Waals surface area contributed by atoms with Crippen LogP contribution < -0.4 is 10.6 Å². The molecule has 1 atom stereocenters. The molecule has 2 rings (SSSR count). The van der Waals surface area contributed by atoms with E-state index in [2.05, 4.69) is 10.6 Å². The van der Waals surface area contributed by atoms with Gasteiger partial charge >= 0.3 is 5.97 Å². The summed E-state index contributed by atoms with van der Waals surface area (Å²) in [5, 5.41) is 5.08. The summed E-state index contributed by atoms with van der Waals surface area (Å²) < 4.78 is 43.6. The minimum atomic E-state index is -4.05. The summed E-state index contributed by atoms with van der Waals surface area (Å²) in [7, 11) is -2.90. The van der Waals surface area contributed by atoms with Crippen LogP contribution in [0.5, 0.6) is 0 Å². The lowest BCUT2D eigenvalue weighted by molar-refractivity contribution is -0.154. The number of nitrogens with zero attached hydrogens (tertiary/aromatic N) is 1. The number of likely N-dealkylation sites (N-methyl/N-ethyl adjacent to an activating group) is 1. The number of benzene rings is 2. The van der Waals surface area contributed by atoms with Crippen LogP contribution in [0.25, 0.3) is 0 Å². The van der Waals surface area contributed by atoms with Gasteiger partial charge in [-0.25, -0.2) is 12.8 Å². The zero-order chi connectivity index (χ0) is 24.8.